The van der Waals surface area contributed by atoms with Crippen LogP contribution in [0.15, 0.2) is 60.9 Å². The first-order chi connectivity index (χ1) is 20.0. The molecule has 0 spiro atoms. The number of nitrogens with one attached hydrogen (secondary N) is 2. The van der Waals surface area contributed by atoms with Crippen LogP contribution < -0.4 is 15.5 Å². The fraction of sp³-hybridized carbons (Fsp3) is 0.375. The molecule has 2 aromatic carbocycles. The van der Waals surface area contributed by atoms with Crippen LogP contribution in [0.25, 0.3) is 10.9 Å². The molecule has 42 heavy (non-hydrogen) atoms. The topological polar surface area (TPSA) is 97.2 Å². The Kier molecular flexibility index (Phi) is 8.34. The number of hydrogen-bond donors (Lipinski definition) is 2. The molecular weight excluding hydrogens is 542 g/mol. The van der Waals surface area contributed by atoms with Gasteiger partial charge in [0.05, 0.1) is 23.4 Å². The fourth-order valence-corrected chi connectivity index (χ4v) is 5.81. The van der Waals surface area contributed by atoms with Gasteiger partial charge in [-0.3, -0.25) is 14.9 Å². The van der Waals surface area contributed by atoms with E-state index in [0.717, 1.165) is 48.0 Å². The zero-order chi connectivity index (χ0) is 29.9. The number of fused-ring (bicyclic) bond motifs is 1. The van der Waals surface area contributed by atoms with Crippen LogP contribution in [0, 0.1) is 11.5 Å². The molecule has 0 aliphatic carbocycles. The van der Waals surface area contributed by atoms with E-state index in [2.05, 4.69) is 53.9 Å². The molecule has 9 nitrogen and oxygen atoms in total. The summed E-state index contributed by atoms with van der Waals surface area (Å²) in [7, 11) is 0.278. The minimum Gasteiger partial charge on any atom is -0.479 e. The van der Waals surface area contributed by atoms with E-state index < -0.39 is 13.7 Å². The van der Waals surface area contributed by atoms with E-state index in [0.29, 0.717) is 17.4 Å². The number of aryl methyl sites for hydroxylation is 1. The van der Waals surface area contributed by atoms with Crippen molar-refractivity contribution >= 4 is 36.5 Å². The number of amides is 1. The molecule has 3 heterocycles. The fourth-order valence-electron chi connectivity index (χ4n) is 5.32. The predicted molar refractivity (Wildman–Crippen MR) is 169 cm³/mol. The van der Waals surface area contributed by atoms with Crippen LogP contribution >= 0.6 is 0 Å². The van der Waals surface area contributed by atoms with E-state index in [9.17, 15) is 4.79 Å². The molecule has 1 fully saturated rings. The first-order valence-electron chi connectivity index (χ1n) is 14.4. The molecule has 0 saturated carbocycles. The second kappa shape index (κ2) is 12.0. The minimum atomic E-state index is -1.62. The molecule has 4 aromatic rings. The summed E-state index contributed by atoms with van der Waals surface area (Å²) in [5.74, 6) is 4.33. The minimum absolute atomic E-state index is 0.0982. The third-order valence-corrected chi connectivity index (χ3v) is 8.21. The maximum Gasteiger partial charge on any atom is 0.231 e. The lowest BCUT2D eigenvalue weighted by Gasteiger charge is -2.46. The number of aromatic nitrogens is 4. The van der Waals surface area contributed by atoms with Gasteiger partial charge in [-0.2, -0.15) is 5.10 Å². The van der Waals surface area contributed by atoms with Gasteiger partial charge in [0.15, 0.2) is 5.60 Å². The summed E-state index contributed by atoms with van der Waals surface area (Å²) in [4.78, 5) is 21.8. The highest BCUT2D eigenvalue weighted by atomic mass is 28.3. The van der Waals surface area contributed by atoms with Crippen molar-refractivity contribution < 1.29 is 9.53 Å². The normalized spacial score (nSPS) is 17.1. The van der Waals surface area contributed by atoms with E-state index in [1.807, 2.05) is 73.0 Å². The van der Waals surface area contributed by atoms with Gasteiger partial charge in [0, 0.05) is 37.7 Å². The Balaban J connectivity index is 1.54. The third-order valence-electron chi connectivity index (χ3n) is 7.33. The van der Waals surface area contributed by atoms with Gasteiger partial charge in [-0.25, -0.2) is 15.0 Å². The molecule has 2 atom stereocenters. The van der Waals surface area contributed by atoms with E-state index in [1.54, 1.807) is 11.6 Å². The highest BCUT2D eigenvalue weighted by Crippen LogP contribution is 2.40. The smallest absolute Gasteiger partial charge is 0.231 e. The summed E-state index contributed by atoms with van der Waals surface area (Å²) < 4.78 is 8.76. The van der Waals surface area contributed by atoms with Gasteiger partial charge in [-0.1, -0.05) is 56.2 Å². The molecular formula is C32H39N7O2Si. The Morgan fingerprint density at radius 1 is 1.10 bits per heavy atom. The molecule has 2 aromatic heterocycles. The Hall–Kier alpha value is -4.20. The van der Waals surface area contributed by atoms with Crippen molar-refractivity contribution in [2.24, 2.45) is 7.05 Å². The van der Waals surface area contributed by atoms with E-state index in [1.165, 1.54) is 0 Å². The number of hydrogen-bond acceptors (Lipinski definition) is 7. The number of ether oxygens (including phenoxy) is 1. The maximum atomic E-state index is 12.1. The van der Waals surface area contributed by atoms with Crippen molar-refractivity contribution in [1.82, 2.24) is 30.2 Å². The standard InChI is InChI=1S/C32H39N7O2Si/c1-23(40)37-39-19-12-11-17-30(39)32(2,24-21-33-38(3)22-24)41-29-16-10-9-15-28(29)36-31-34-26-14-8-7-13-25(26)27(35-31)18-20-42(4,5)6/h7-10,13-16,21-22,30H,11-12,17,19H2,1-6H3,(H,37,40)(H,34,35,36). The predicted octanol–water partition coefficient (Wildman–Crippen LogP) is 5.54. The molecule has 1 aliphatic heterocycles. The van der Waals surface area contributed by atoms with Crippen molar-refractivity contribution in [2.45, 2.75) is 64.4 Å². The summed E-state index contributed by atoms with van der Waals surface area (Å²) >= 11 is 0. The van der Waals surface area contributed by atoms with E-state index in [4.69, 9.17) is 14.7 Å². The van der Waals surface area contributed by atoms with Gasteiger partial charge in [0.1, 0.15) is 19.5 Å². The Labute approximate surface area is 248 Å². The molecule has 1 saturated heterocycles. The number of anilines is 2. The van der Waals surface area contributed by atoms with Gasteiger partial charge in [0.25, 0.3) is 0 Å². The number of hydrazine groups is 1. The monoisotopic (exact) mass is 581 g/mol. The second-order valence-electron chi connectivity index (χ2n) is 12.0. The molecule has 10 heteroatoms. The van der Waals surface area contributed by atoms with Gasteiger partial charge in [0.2, 0.25) is 11.9 Å². The number of para-hydroxylation sites is 3. The maximum absolute atomic E-state index is 12.1. The number of carbonyl (C=O) groups is 1. The van der Waals surface area contributed by atoms with Crippen molar-refractivity contribution in [2.75, 3.05) is 11.9 Å². The van der Waals surface area contributed by atoms with Gasteiger partial charge < -0.3 is 10.1 Å². The second-order valence-corrected chi connectivity index (χ2v) is 16.8. The number of nitrogens with zero attached hydrogens (tertiary/aromatic N) is 5. The zero-order valence-electron chi connectivity index (χ0n) is 25.2. The average molecular weight is 582 g/mol. The Morgan fingerprint density at radius 2 is 1.86 bits per heavy atom. The third kappa shape index (κ3) is 6.64. The number of piperidine rings is 1. The van der Waals surface area contributed by atoms with E-state index in [-0.39, 0.29) is 11.9 Å². The van der Waals surface area contributed by atoms with Crippen LogP contribution in [0.4, 0.5) is 11.6 Å². The highest BCUT2D eigenvalue weighted by molar-refractivity contribution is 6.83. The lowest BCUT2D eigenvalue weighted by molar-refractivity contribution is -0.130. The highest BCUT2D eigenvalue weighted by Gasteiger charge is 2.44. The first kappa shape index (κ1) is 29.3. The molecule has 0 radical (unpaired) electrons. The zero-order valence-corrected chi connectivity index (χ0v) is 26.2. The van der Waals surface area contributed by atoms with Crippen molar-refractivity contribution in [3.8, 4) is 17.2 Å². The lowest BCUT2D eigenvalue weighted by atomic mass is 9.84. The van der Waals surface area contributed by atoms with Crippen LogP contribution in [-0.2, 0) is 17.4 Å². The molecule has 218 valence electrons. The lowest BCUT2D eigenvalue weighted by Crippen LogP contribution is -2.59. The van der Waals surface area contributed by atoms with Crippen LogP contribution in [0.5, 0.6) is 5.75 Å². The van der Waals surface area contributed by atoms with Crippen LogP contribution in [0.1, 0.15) is 44.4 Å². The average Bonchev–Trinajstić information content (AvgIpc) is 3.39. The molecule has 5 rings (SSSR count). The van der Waals surface area contributed by atoms with Crippen molar-refractivity contribution in [3.63, 3.8) is 0 Å². The van der Waals surface area contributed by atoms with Crippen molar-refractivity contribution in [1.29, 1.82) is 0 Å². The Morgan fingerprint density at radius 3 is 2.60 bits per heavy atom. The molecule has 1 aliphatic rings. The quantitative estimate of drug-likeness (QED) is 0.219. The summed E-state index contributed by atoms with van der Waals surface area (Å²) in [6.45, 7) is 11.0. The molecule has 1 amide bonds. The summed E-state index contributed by atoms with van der Waals surface area (Å²) in [6, 6.07) is 15.6. The number of carbonyl (C=O) groups excluding carboxylic acids is 1. The largest absolute Gasteiger partial charge is 0.479 e. The summed E-state index contributed by atoms with van der Waals surface area (Å²) in [5, 5.41) is 10.8. The van der Waals surface area contributed by atoms with Crippen molar-refractivity contribution in [3.05, 3.63) is 72.2 Å². The van der Waals surface area contributed by atoms with Crippen LogP contribution in [-0.4, -0.2) is 51.3 Å². The first-order valence-corrected chi connectivity index (χ1v) is 17.9. The number of benzene rings is 2. The molecule has 0 bridgehead atoms. The van der Waals surface area contributed by atoms with Gasteiger partial charge in [-0.15, -0.1) is 5.54 Å². The van der Waals surface area contributed by atoms with Gasteiger partial charge in [-0.05, 0) is 44.0 Å². The summed E-state index contributed by atoms with van der Waals surface area (Å²) in [6.07, 6.45) is 6.71. The van der Waals surface area contributed by atoms with Crippen LogP contribution in [0.3, 0.4) is 0 Å². The SMILES string of the molecule is CC(=O)NN1CCCCC1C(C)(Oc1ccccc1Nc1nc(C#C[Si](C)(C)C)c2ccccc2n1)c1cnn(C)c1. The Bertz CT molecular complexity index is 1650. The molecule has 2 unspecified atom stereocenters. The van der Waals surface area contributed by atoms with Crippen LogP contribution in [0.2, 0.25) is 19.6 Å². The van der Waals surface area contributed by atoms with E-state index >= 15 is 0 Å². The van der Waals surface area contributed by atoms with Gasteiger partial charge >= 0.3 is 0 Å². The molecule has 2 N–H and O–H groups in total. The summed E-state index contributed by atoms with van der Waals surface area (Å²) in [5.41, 5.74) is 8.84. The number of rotatable bonds is 7.